The second kappa shape index (κ2) is 7.45. The van der Waals surface area contributed by atoms with Crippen molar-refractivity contribution in [3.8, 4) is 22.7 Å². The number of ether oxygens (including phenoxy) is 1. The van der Waals surface area contributed by atoms with Crippen LogP contribution in [-0.4, -0.2) is 23.1 Å². The van der Waals surface area contributed by atoms with E-state index in [1.54, 1.807) is 30.0 Å². The van der Waals surface area contributed by atoms with Crippen LogP contribution < -0.4 is 4.74 Å². The molecular weight excluding hydrogens is 366 g/mol. The van der Waals surface area contributed by atoms with Crippen molar-refractivity contribution in [2.75, 3.05) is 13.4 Å². The fraction of sp³-hybridized carbons (Fsp3) is 0.167. The molecule has 0 aliphatic heterocycles. The highest BCUT2D eigenvalue weighted by Gasteiger charge is 2.18. The number of alkyl halides is 2. The molecule has 7 heteroatoms. The summed E-state index contributed by atoms with van der Waals surface area (Å²) in [6.45, 7) is 0. The number of hydrogen-bond acceptors (Lipinski definition) is 3. The molecule has 0 N–H and O–H groups in total. The lowest BCUT2D eigenvalue weighted by atomic mass is 10.1. The average molecular weight is 381 g/mol. The Hall–Kier alpha value is -2.05. The molecule has 2 aromatic carbocycles. The summed E-state index contributed by atoms with van der Waals surface area (Å²) in [6.07, 6.45) is -0.674. The van der Waals surface area contributed by atoms with Gasteiger partial charge < -0.3 is 4.74 Å². The van der Waals surface area contributed by atoms with E-state index >= 15 is 0 Å². The van der Waals surface area contributed by atoms with E-state index in [0.717, 1.165) is 10.5 Å². The Morgan fingerprint density at radius 3 is 2.40 bits per heavy atom. The van der Waals surface area contributed by atoms with Crippen LogP contribution in [-0.2, 0) is 0 Å². The van der Waals surface area contributed by atoms with Crippen molar-refractivity contribution in [3.63, 3.8) is 0 Å². The van der Waals surface area contributed by atoms with Crippen LogP contribution in [0.4, 0.5) is 8.78 Å². The standard InChI is InChI=1S/C18H15ClF2N2OS/c1-24-17-8-5-12(9-14(17)19)23-16(10-15(22-23)18(20)21)11-3-6-13(25-2)7-4-11/h3-10,18H,1-2H3. The first-order valence-electron chi connectivity index (χ1n) is 7.40. The first-order chi connectivity index (χ1) is 12.0. The minimum Gasteiger partial charge on any atom is -0.495 e. The predicted octanol–water partition coefficient (Wildman–Crippen LogP) is 5.86. The number of nitrogens with zero attached hydrogens (tertiary/aromatic N) is 2. The van der Waals surface area contributed by atoms with Gasteiger partial charge in [-0.25, -0.2) is 13.5 Å². The number of hydrogen-bond donors (Lipinski definition) is 0. The second-order valence-corrected chi connectivity index (χ2v) is 6.50. The van der Waals surface area contributed by atoms with Crippen molar-refractivity contribution in [1.82, 2.24) is 9.78 Å². The van der Waals surface area contributed by atoms with E-state index in [-0.39, 0.29) is 5.69 Å². The number of methoxy groups -OCH3 is 1. The summed E-state index contributed by atoms with van der Waals surface area (Å²) in [5.74, 6) is 0.512. The third kappa shape index (κ3) is 3.65. The largest absolute Gasteiger partial charge is 0.495 e. The van der Waals surface area contributed by atoms with Gasteiger partial charge in [-0.3, -0.25) is 0 Å². The fourth-order valence-corrected chi connectivity index (χ4v) is 3.12. The molecule has 3 aromatic rings. The zero-order valence-electron chi connectivity index (χ0n) is 13.5. The molecule has 3 rings (SSSR count). The third-order valence-electron chi connectivity index (χ3n) is 3.72. The summed E-state index contributed by atoms with van der Waals surface area (Å²) in [5.41, 5.74) is 1.67. The summed E-state index contributed by atoms with van der Waals surface area (Å²) < 4.78 is 33.0. The van der Waals surface area contributed by atoms with Crippen LogP contribution in [0.15, 0.2) is 53.4 Å². The maximum atomic E-state index is 13.2. The van der Waals surface area contributed by atoms with Crippen LogP contribution in [0.5, 0.6) is 5.75 Å². The van der Waals surface area contributed by atoms with Crippen LogP contribution in [0.25, 0.3) is 16.9 Å². The lowest BCUT2D eigenvalue weighted by Gasteiger charge is -2.10. The molecule has 0 aliphatic carbocycles. The van der Waals surface area contributed by atoms with Crippen LogP contribution in [0.3, 0.4) is 0 Å². The molecule has 0 amide bonds. The van der Waals surface area contributed by atoms with Crippen molar-refractivity contribution in [1.29, 1.82) is 0 Å². The number of rotatable bonds is 5. The fourth-order valence-electron chi connectivity index (χ4n) is 2.46. The molecule has 25 heavy (non-hydrogen) atoms. The molecule has 0 fully saturated rings. The highest BCUT2D eigenvalue weighted by Crippen LogP contribution is 2.32. The van der Waals surface area contributed by atoms with E-state index < -0.39 is 6.43 Å². The maximum absolute atomic E-state index is 13.2. The highest BCUT2D eigenvalue weighted by molar-refractivity contribution is 7.98. The number of aromatic nitrogens is 2. The first kappa shape index (κ1) is 17.8. The van der Waals surface area contributed by atoms with Gasteiger partial charge in [0.1, 0.15) is 11.4 Å². The molecule has 0 aliphatic rings. The summed E-state index contributed by atoms with van der Waals surface area (Å²) >= 11 is 7.79. The lowest BCUT2D eigenvalue weighted by molar-refractivity contribution is 0.145. The van der Waals surface area contributed by atoms with Gasteiger partial charge in [-0.1, -0.05) is 23.7 Å². The van der Waals surface area contributed by atoms with Gasteiger partial charge in [0.15, 0.2) is 0 Å². The molecular formula is C18H15ClF2N2OS. The van der Waals surface area contributed by atoms with Gasteiger partial charge in [0.2, 0.25) is 0 Å². The molecule has 0 spiro atoms. The van der Waals surface area contributed by atoms with E-state index in [1.807, 2.05) is 30.5 Å². The Balaban J connectivity index is 2.13. The lowest BCUT2D eigenvalue weighted by Crippen LogP contribution is -2.00. The average Bonchev–Trinajstić information content (AvgIpc) is 3.07. The molecule has 0 atom stereocenters. The Labute approximate surface area is 153 Å². The van der Waals surface area contributed by atoms with Crippen molar-refractivity contribution >= 4 is 23.4 Å². The third-order valence-corrected chi connectivity index (χ3v) is 4.76. The van der Waals surface area contributed by atoms with Crippen LogP contribution >= 0.6 is 23.4 Å². The van der Waals surface area contributed by atoms with Crippen LogP contribution in [0.2, 0.25) is 5.02 Å². The summed E-state index contributed by atoms with van der Waals surface area (Å²) in [5, 5.41) is 4.44. The predicted molar refractivity (Wildman–Crippen MR) is 97.3 cm³/mol. The summed E-state index contributed by atoms with van der Waals surface area (Å²) in [6, 6.07) is 14.1. The molecule has 0 radical (unpaired) electrons. The van der Waals surface area contributed by atoms with Crippen LogP contribution in [0.1, 0.15) is 12.1 Å². The molecule has 130 valence electrons. The van der Waals surface area contributed by atoms with Gasteiger partial charge in [0.05, 0.1) is 23.5 Å². The first-order valence-corrected chi connectivity index (χ1v) is 9.00. The van der Waals surface area contributed by atoms with Gasteiger partial charge in [0, 0.05) is 10.5 Å². The quantitative estimate of drug-likeness (QED) is 0.518. The summed E-state index contributed by atoms with van der Waals surface area (Å²) in [7, 11) is 1.52. The van der Waals surface area contributed by atoms with E-state index in [9.17, 15) is 8.78 Å². The maximum Gasteiger partial charge on any atom is 0.282 e. The van der Waals surface area contributed by atoms with Gasteiger partial charge in [-0.15, -0.1) is 11.8 Å². The molecule has 1 heterocycles. The Morgan fingerprint density at radius 1 is 1.12 bits per heavy atom. The molecule has 0 saturated carbocycles. The Morgan fingerprint density at radius 2 is 1.84 bits per heavy atom. The molecule has 1 aromatic heterocycles. The molecule has 0 unspecified atom stereocenters. The number of benzene rings is 2. The van der Waals surface area contributed by atoms with Gasteiger partial charge >= 0.3 is 0 Å². The van der Waals surface area contributed by atoms with E-state index in [2.05, 4.69) is 5.10 Å². The highest BCUT2D eigenvalue weighted by atomic mass is 35.5. The van der Waals surface area contributed by atoms with E-state index in [1.165, 1.54) is 17.9 Å². The SMILES string of the molecule is COc1ccc(-n2nc(C(F)F)cc2-c2ccc(SC)cc2)cc1Cl. The minimum absolute atomic E-state index is 0.282. The van der Waals surface area contributed by atoms with Crippen molar-refractivity contribution < 1.29 is 13.5 Å². The summed E-state index contributed by atoms with van der Waals surface area (Å²) in [4.78, 5) is 1.09. The van der Waals surface area contributed by atoms with Crippen molar-refractivity contribution in [3.05, 3.63) is 59.2 Å². The van der Waals surface area contributed by atoms with Gasteiger partial charge in [-0.2, -0.15) is 5.10 Å². The monoisotopic (exact) mass is 380 g/mol. The zero-order chi connectivity index (χ0) is 18.0. The zero-order valence-corrected chi connectivity index (χ0v) is 15.1. The van der Waals surface area contributed by atoms with Crippen molar-refractivity contribution in [2.45, 2.75) is 11.3 Å². The van der Waals surface area contributed by atoms with Crippen LogP contribution in [0, 0.1) is 0 Å². The van der Waals surface area contributed by atoms with E-state index in [4.69, 9.17) is 16.3 Å². The number of thioether (sulfide) groups is 1. The minimum atomic E-state index is -2.65. The van der Waals surface area contributed by atoms with Crippen molar-refractivity contribution in [2.24, 2.45) is 0 Å². The van der Waals surface area contributed by atoms with E-state index in [0.29, 0.717) is 22.2 Å². The molecule has 0 bridgehead atoms. The Kier molecular flexibility index (Phi) is 5.30. The van der Waals surface area contributed by atoms with Gasteiger partial charge in [0.25, 0.3) is 6.43 Å². The second-order valence-electron chi connectivity index (χ2n) is 5.21. The Bertz CT molecular complexity index is 881. The molecule has 3 nitrogen and oxygen atoms in total. The smallest absolute Gasteiger partial charge is 0.282 e. The van der Waals surface area contributed by atoms with Gasteiger partial charge in [-0.05, 0) is 42.7 Å². The molecule has 0 saturated heterocycles. The number of halogens is 3. The normalized spacial score (nSPS) is 11.1. The topological polar surface area (TPSA) is 27.1 Å².